The first-order chi connectivity index (χ1) is 7.13. The third kappa shape index (κ3) is 6.26. The van der Waals surface area contributed by atoms with Crippen LogP contribution >= 0.6 is 0 Å². The standard InChI is InChI=1S/C11H14O4/c1-4-7-9(12)14-11(6-3)15-10(13)8-5-2/h4-8,11H,3H2,1-2H3. The van der Waals surface area contributed by atoms with E-state index in [1.807, 2.05) is 0 Å². The van der Waals surface area contributed by atoms with E-state index in [2.05, 4.69) is 6.58 Å². The van der Waals surface area contributed by atoms with Crippen LogP contribution in [0.3, 0.4) is 0 Å². The lowest BCUT2D eigenvalue weighted by molar-refractivity contribution is -0.172. The number of carbonyl (C=O) groups excluding carboxylic acids is 2. The van der Waals surface area contributed by atoms with Crippen molar-refractivity contribution < 1.29 is 19.1 Å². The Morgan fingerprint density at radius 3 is 1.73 bits per heavy atom. The van der Waals surface area contributed by atoms with Gasteiger partial charge in [-0.3, -0.25) is 0 Å². The minimum absolute atomic E-state index is 0.587. The molecule has 0 aliphatic carbocycles. The summed E-state index contributed by atoms with van der Waals surface area (Å²) in [6, 6.07) is 0. The van der Waals surface area contributed by atoms with Gasteiger partial charge in [-0.1, -0.05) is 18.7 Å². The molecule has 0 aromatic carbocycles. The van der Waals surface area contributed by atoms with Crippen LogP contribution in [0.15, 0.2) is 37.0 Å². The van der Waals surface area contributed by atoms with Crippen LogP contribution in [-0.2, 0) is 19.1 Å². The fraction of sp³-hybridized carbons (Fsp3) is 0.273. The van der Waals surface area contributed by atoms with Gasteiger partial charge in [0, 0.05) is 12.2 Å². The van der Waals surface area contributed by atoms with Crippen LogP contribution < -0.4 is 0 Å². The third-order valence-electron chi connectivity index (χ3n) is 1.26. The summed E-state index contributed by atoms with van der Waals surface area (Å²) < 4.78 is 9.47. The van der Waals surface area contributed by atoms with Crippen LogP contribution in [0.4, 0.5) is 0 Å². The first-order valence-electron chi connectivity index (χ1n) is 4.43. The Morgan fingerprint density at radius 1 is 1.07 bits per heavy atom. The van der Waals surface area contributed by atoms with E-state index in [1.54, 1.807) is 13.8 Å². The van der Waals surface area contributed by atoms with Crippen molar-refractivity contribution in [3.8, 4) is 0 Å². The van der Waals surface area contributed by atoms with Crippen LogP contribution in [0.25, 0.3) is 0 Å². The zero-order chi connectivity index (χ0) is 11.7. The summed E-state index contributed by atoms with van der Waals surface area (Å²) in [5, 5.41) is 0. The van der Waals surface area contributed by atoms with Crippen molar-refractivity contribution in [3.63, 3.8) is 0 Å². The van der Waals surface area contributed by atoms with E-state index in [-0.39, 0.29) is 0 Å². The van der Waals surface area contributed by atoms with Gasteiger partial charge in [-0.2, -0.15) is 0 Å². The van der Waals surface area contributed by atoms with Crippen molar-refractivity contribution in [3.05, 3.63) is 37.0 Å². The van der Waals surface area contributed by atoms with Crippen molar-refractivity contribution in [2.45, 2.75) is 20.1 Å². The second-order valence-corrected chi connectivity index (χ2v) is 2.48. The summed E-state index contributed by atoms with van der Waals surface area (Å²) in [6.07, 6.45) is 5.66. The molecule has 0 bridgehead atoms. The highest BCUT2D eigenvalue weighted by Crippen LogP contribution is 1.99. The third-order valence-corrected chi connectivity index (χ3v) is 1.26. The molecule has 0 amide bonds. The van der Waals surface area contributed by atoms with Gasteiger partial charge in [0.25, 0.3) is 6.29 Å². The molecule has 82 valence electrons. The molecule has 0 fully saturated rings. The van der Waals surface area contributed by atoms with Gasteiger partial charge < -0.3 is 9.47 Å². The summed E-state index contributed by atoms with van der Waals surface area (Å²) in [5.74, 6) is -1.17. The fourth-order valence-corrected chi connectivity index (χ4v) is 0.700. The Kier molecular flexibility index (Phi) is 6.63. The number of rotatable bonds is 5. The Balaban J connectivity index is 4.20. The largest absolute Gasteiger partial charge is 0.418 e. The van der Waals surface area contributed by atoms with Crippen molar-refractivity contribution in [1.82, 2.24) is 0 Å². The van der Waals surface area contributed by atoms with Crippen molar-refractivity contribution in [1.29, 1.82) is 0 Å². The van der Waals surface area contributed by atoms with Gasteiger partial charge in [-0.25, -0.2) is 9.59 Å². The maximum atomic E-state index is 11.0. The molecule has 4 heteroatoms. The monoisotopic (exact) mass is 210 g/mol. The zero-order valence-electron chi connectivity index (χ0n) is 8.80. The maximum Gasteiger partial charge on any atom is 0.333 e. The van der Waals surface area contributed by atoms with E-state index in [0.717, 1.165) is 0 Å². The van der Waals surface area contributed by atoms with Crippen LogP contribution in [0.1, 0.15) is 13.8 Å². The van der Waals surface area contributed by atoms with Crippen LogP contribution in [-0.4, -0.2) is 18.2 Å². The van der Waals surface area contributed by atoms with Crippen LogP contribution in [0.5, 0.6) is 0 Å². The Hall–Kier alpha value is -1.84. The lowest BCUT2D eigenvalue weighted by atomic mass is 10.5. The van der Waals surface area contributed by atoms with Crippen molar-refractivity contribution in [2.24, 2.45) is 0 Å². The van der Waals surface area contributed by atoms with Gasteiger partial charge in [0.15, 0.2) is 0 Å². The van der Waals surface area contributed by atoms with Crippen molar-refractivity contribution in [2.75, 3.05) is 0 Å². The Bertz CT molecular complexity index is 263. The zero-order valence-corrected chi connectivity index (χ0v) is 8.80. The maximum absolute atomic E-state index is 11.0. The average molecular weight is 210 g/mol. The summed E-state index contributed by atoms with van der Waals surface area (Å²) >= 11 is 0. The predicted molar refractivity (Wildman–Crippen MR) is 55.8 cm³/mol. The lowest BCUT2D eigenvalue weighted by Crippen LogP contribution is -2.20. The van der Waals surface area contributed by atoms with Crippen LogP contribution in [0, 0.1) is 0 Å². The molecule has 0 N–H and O–H groups in total. The van der Waals surface area contributed by atoms with E-state index in [1.165, 1.54) is 30.4 Å². The highest BCUT2D eigenvalue weighted by Gasteiger charge is 2.11. The molecule has 0 atom stereocenters. The number of esters is 2. The molecule has 0 spiro atoms. The lowest BCUT2D eigenvalue weighted by Gasteiger charge is -2.11. The topological polar surface area (TPSA) is 52.6 Å². The Labute approximate surface area is 88.9 Å². The quantitative estimate of drug-likeness (QED) is 0.300. The van der Waals surface area contributed by atoms with Gasteiger partial charge in [-0.05, 0) is 19.9 Å². The Morgan fingerprint density at radius 2 is 1.47 bits per heavy atom. The van der Waals surface area contributed by atoms with Crippen LogP contribution in [0.2, 0.25) is 0 Å². The normalized spacial score (nSPS) is 12.7. The number of hydrogen-bond acceptors (Lipinski definition) is 4. The van der Waals surface area contributed by atoms with Gasteiger partial charge in [-0.15, -0.1) is 0 Å². The summed E-state index contributed by atoms with van der Waals surface area (Å²) in [7, 11) is 0. The highest BCUT2D eigenvalue weighted by molar-refractivity contribution is 5.83. The van der Waals surface area contributed by atoms with E-state index in [0.29, 0.717) is 0 Å². The molecule has 0 aliphatic rings. The highest BCUT2D eigenvalue weighted by atomic mass is 16.7. The molecule has 0 aromatic heterocycles. The minimum atomic E-state index is -1.06. The molecule has 0 saturated heterocycles. The predicted octanol–water partition coefficient (Wildman–Crippen LogP) is 1.74. The van der Waals surface area contributed by atoms with Gasteiger partial charge in [0.1, 0.15) is 0 Å². The van der Waals surface area contributed by atoms with E-state index in [4.69, 9.17) is 9.47 Å². The summed E-state index contributed by atoms with van der Waals surface area (Å²) in [6.45, 7) is 6.74. The van der Waals surface area contributed by atoms with E-state index in [9.17, 15) is 9.59 Å². The number of hydrogen-bond donors (Lipinski definition) is 0. The smallest absolute Gasteiger partial charge is 0.333 e. The SMILES string of the molecule is C=CC(OC(=O)C=CC)OC(=O)C=CC. The fourth-order valence-electron chi connectivity index (χ4n) is 0.700. The van der Waals surface area contributed by atoms with E-state index < -0.39 is 18.2 Å². The molecule has 4 nitrogen and oxygen atoms in total. The first kappa shape index (κ1) is 13.2. The molecule has 0 heterocycles. The summed E-state index contributed by atoms with van der Waals surface area (Å²) in [5.41, 5.74) is 0. The molecular weight excluding hydrogens is 196 g/mol. The molecule has 0 aromatic rings. The number of allylic oxidation sites excluding steroid dienone is 2. The van der Waals surface area contributed by atoms with Crippen molar-refractivity contribution >= 4 is 11.9 Å². The molecule has 0 aliphatic heterocycles. The molecule has 0 radical (unpaired) electrons. The second kappa shape index (κ2) is 7.55. The average Bonchev–Trinajstić information content (AvgIpc) is 2.17. The minimum Gasteiger partial charge on any atom is -0.418 e. The number of carbonyl (C=O) groups is 2. The number of ether oxygens (including phenoxy) is 2. The summed E-state index contributed by atoms with van der Waals surface area (Å²) in [4.78, 5) is 22.0. The van der Waals surface area contributed by atoms with Gasteiger partial charge in [0.2, 0.25) is 0 Å². The molecule has 0 rings (SSSR count). The van der Waals surface area contributed by atoms with E-state index >= 15 is 0 Å². The van der Waals surface area contributed by atoms with Gasteiger partial charge >= 0.3 is 11.9 Å². The molecule has 0 saturated carbocycles. The molecule has 15 heavy (non-hydrogen) atoms. The molecular formula is C11H14O4. The second-order valence-electron chi connectivity index (χ2n) is 2.48. The van der Waals surface area contributed by atoms with Gasteiger partial charge in [0.05, 0.1) is 0 Å². The first-order valence-corrected chi connectivity index (χ1v) is 4.43. The molecule has 0 unspecified atom stereocenters.